The van der Waals surface area contributed by atoms with E-state index in [4.69, 9.17) is 16.2 Å². The maximum Gasteiger partial charge on any atom is 0.338 e. The minimum atomic E-state index is -2.18. The van der Waals surface area contributed by atoms with Crippen molar-refractivity contribution in [2.45, 2.75) is 45.6 Å². The van der Waals surface area contributed by atoms with E-state index < -0.39 is 23.4 Å². The maximum absolute atomic E-state index is 12.2. The zero-order valence-corrected chi connectivity index (χ0v) is 14.2. The van der Waals surface area contributed by atoms with Crippen LogP contribution in [0.4, 0.5) is 0 Å². The number of nitrogens with two attached hydrogens (primary N) is 2. The van der Waals surface area contributed by atoms with Gasteiger partial charge in [0.15, 0.2) is 0 Å². The molecule has 0 aliphatic carbocycles. The van der Waals surface area contributed by atoms with Gasteiger partial charge in [-0.05, 0) is 49.1 Å². The van der Waals surface area contributed by atoms with Gasteiger partial charge < -0.3 is 21.3 Å². The fourth-order valence-corrected chi connectivity index (χ4v) is 2.37. The highest BCUT2D eigenvalue weighted by atomic mass is 16.5. The summed E-state index contributed by atoms with van der Waals surface area (Å²) in [5, 5.41) is 9.45. The van der Waals surface area contributed by atoms with E-state index in [0.29, 0.717) is 28.7 Å². The fourth-order valence-electron chi connectivity index (χ4n) is 2.37. The summed E-state index contributed by atoms with van der Waals surface area (Å²) in [6, 6.07) is 3.10. The van der Waals surface area contributed by atoms with Gasteiger partial charge in [0.2, 0.25) is 11.4 Å². The first-order valence-electron chi connectivity index (χ1n) is 7.73. The van der Waals surface area contributed by atoms with E-state index in [2.05, 4.69) is 0 Å². The Balaban J connectivity index is 3.15. The Bertz CT molecular complexity index is 633. The Hall–Kier alpha value is -2.41. The number of aliphatic carboxylic acids is 1. The Morgan fingerprint density at radius 1 is 1.21 bits per heavy atom. The Morgan fingerprint density at radius 2 is 1.75 bits per heavy atom. The molecule has 1 amide bonds. The largest absolute Gasteiger partial charge is 0.479 e. The SMILES string of the molecule is CCCCOC(=O)C(N)(Cc1c(C)cc(C(N)=O)cc1C)C(=O)O. The van der Waals surface area contributed by atoms with Gasteiger partial charge in [0, 0.05) is 12.0 Å². The number of rotatable bonds is 8. The number of carbonyl (C=O) groups excluding carboxylic acids is 2. The molecule has 0 aliphatic rings. The summed E-state index contributed by atoms with van der Waals surface area (Å²) in [5.74, 6) is -3.01. The molecule has 0 spiro atoms. The van der Waals surface area contributed by atoms with Crippen LogP contribution in [0.15, 0.2) is 12.1 Å². The molecule has 1 unspecified atom stereocenters. The predicted molar refractivity (Wildman–Crippen MR) is 88.6 cm³/mol. The van der Waals surface area contributed by atoms with Crippen molar-refractivity contribution in [3.63, 3.8) is 0 Å². The van der Waals surface area contributed by atoms with Crippen molar-refractivity contribution < 1.29 is 24.2 Å². The van der Waals surface area contributed by atoms with Gasteiger partial charge in [-0.15, -0.1) is 0 Å². The number of aryl methyl sites for hydroxylation is 2. The third kappa shape index (κ3) is 4.32. The first-order chi connectivity index (χ1) is 11.1. The molecule has 5 N–H and O–H groups in total. The standard InChI is InChI=1S/C17H24N2O5/c1-4-5-6-24-16(23)17(19,15(21)22)9-13-10(2)7-12(14(18)20)8-11(13)3/h7-8H,4-6,9,19H2,1-3H3,(H2,18,20)(H,21,22). The monoisotopic (exact) mass is 336 g/mol. The predicted octanol–water partition coefficient (Wildman–Crippen LogP) is 1.07. The molecule has 24 heavy (non-hydrogen) atoms. The number of hydrogen-bond donors (Lipinski definition) is 3. The second-order valence-corrected chi connectivity index (χ2v) is 5.90. The highest BCUT2D eigenvalue weighted by Gasteiger charge is 2.44. The number of esters is 1. The summed E-state index contributed by atoms with van der Waals surface area (Å²) in [6.07, 6.45) is 1.21. The normalized spacial score (nSPS) is 13.2. The molecular formula is C17H24N2O5. The number of carboxylic acid groups (broad SMARTS) is 1. The van der Waals surface area contributed by atoms with Gasteiger partial charge in [0.05, 0.1) is 6.61 Å². The molecule has 0 bridgehead atoms. The summed E-state index contributed by atoms with van der Waals surface area (Å²) in [5.41, 5.74) is 11.1. The molecule has 132 valence electrons. The maximum atomic E-state index is 12.2. The number of carbonyl (C=O) groups is 3. The third-order valence-electron chi connectivity index (χ3n) is 3.91. The molecule has 1 rings (SSSR count). The molecule has 0 saturated carbocycles. The van der Waals surface area contributed by atoms with Gasteiger partial charge in [-0.2, -0.15) is 0 Å². The lowest BCUT2D eigenvalue weighted by Crippen LogP contribution is -2.57. The summed E-state index contributed by atoms with van der Waals surface area (Å²) in [6.45, 7) is 5.47. The van der Waals surface area contributed by atoms with Gasteiger partial charge >= 0.3 is 11.9 Å². The van der Waals surface area contributed by atoms with Crippen molar-refractivity contribution in [2.24, 2.45) is 11.5 Å². The van der Waals surface area contributed by atoms with Crippen LogP contribution >= 0.6 is 0 Å². The third-order valence-corrected chi connectivity index (χ3v) is 3.91. The Kier molecular flexibility index (Phi) is 6.48. The van der Waals surface area contributed by atoms with Crippen LogP contribution in [0.25, 0.3) is 0 Å². The van der Waals surface area contributed by atoms with Gasteiger partial charge in [0.1, 0.15) is 0 Å². The van der Waals surface area contributed by atoms with E-state index in [1.54, 1.807) is 26.0 Å². The van der Waals surface area contributed by atoms with E-state index in [-0.39, 0.29) is 13.0 Å². The minimum absolute atomic E-state index is 0.125. The molecule has 0 aromatic heterocycles. The molecule has 1 aromatic rings. The number of primary amides is 1. The smallest absolute Gasteiger partial charge is 0.338 e. The summed E-state index contributed by atoms with van der Waals surface area (Å²) < 4.78 is 5.00. The van der Waals surface area contributed by atoms with Crippen molar-refractivity contribution in [2.75, 3.05) is 6.61 Å². The van der Waals surface area contributed by atoms with Crippen LogP contribution in [0.5, 0.6) is 0 Å². The molecule has 1 aromatic carbocycles. The summed E-state index contributed by atoms with van der Waals surface area (Å²) in [4.78, 5) is 35.1. The van der Waals surface area contributed by atoms with E-state index in [1.807, 2.05) is 6.92 Å². The quantitative estimate of drug-likeness (QED) is 0.369. The highest BCUT2D eigenvalue weighted by molar-refractivity contribution is 6.04. The fraction of sp³-hybridized carbons (Fsp3) is 0.471. The zero-order chi connectivity index (χ0) is 18.5. The number of carboxylic acids is 1. The van der Waals surface area contributed by atoms with Crippen molar-refractivity contribution >= 4 is 17.8 Å². The van der Waals surface area contributed by atoms with E-state index >= 15 is 0 Å². The molecule has 1 atom stereocenters. The molecule has 7 nitrogen and oxygen atoms in total. The lowest BCUT2D eigenvalue weighted by atomic mass is 9.86. The first-order valence-corrected chi connectivity index (χ1v) is 7.73. The molecule has 0 aliphatic heterocycles. The van der Waals surface area contributed by atoms with Crippen molar-refractivity contribution in [1.29, 1.82) is 0 Å². The highest BCUT2D eigenvalue weighted by Crippen LogP contribution is 2.22. The summed E-state index contributed by atoms with van der Waals surface area (Å²) in [7, 11) is 0. The van der Waals surface area contributed by atoms with Gasteiger partial charge in [-0.3, -0.25) is 4.79 Å². The second-order valence-electron chi connectivity index (χ2n) is 5.90. The number of hydrogen-bond acceptors (Lipinski definition) is 5. The number of unbranched alkanes of at least 4 members (excludes halogenated alkanes) is 1. The van der Waals surface area contributed by atoms with Gasteiger partial charge in [-0.25, -0.2) is 9.59 Å². The van der Waals surface area contributed by atoms with Crippen LogP contribution in [-0.2, 0) is 20.7 Å². The molecule has 0 heterocycles. The Morgan fingerprint density at radius 3 is 2.17 bits per heavy atom. The van der Waals surface area contributed by atoms with Gasteiger partial charge in [0.25, 0.3) is 0 Å². The van der Waals surface area contributed by atoms with E-state index in [1.165, 1.54) is 0 Å². The van der Waals surface area contributed by atoms with Crippen molar-refractivity contribution in [1.82, 2.24) is 0 Å². The van der Waals surface area contributed by atoms with Crippen LogP contribution < -0.4 is 11.5 Å². The van der Waals surface area contributed by atoms with Crippen molar-refractivity contribution in [3.8, 4) is 0 Å². The summed E-state index contributed by atoms with van der Waals surface area (Å²) >= 11 is 0. The minimum Gasteiger partial charge on any atom is -0.479 e. The average Bonchev–Trinajstić information content (AvgIpc) is 2.50. The molecular weight excluding hydrogens is 312 g/mol. The van der Waals surface area contributed by atoms with E-state index in [0.717, 1.165) is 6.42 Å². The Labute approximate surface area is 141 Å². The molecule has 0 saturated heterocycles. The van der Waals surface area contributed by atoms with Crippen LogP contribution in [0, 0.1) is 13.8 Å². The van der Waals surface area contributed by atoms with Crippen LogP contribution in [0.3, 0.4) is 0 Å². The lowest BCUT2D eigenvalue weighted by Gasteiger charge is -2.24. The molecule has 7 heteroatoms. The number of benzene rings is 1. The molecule has 0 radical (unpaired) electrons. The molecule has 0 fully saturated rings. The van der Waals surface area contributed by atoms with E-state index in [9.17, 15) is 19.5 Å². The second kappa shape index (κ2) is 7.92. The lowest BCUT2D eigenvalue weighted by molar-refractivity contribution is -0.161. The van der Waals surface area contributed by atoms with Crippen LogP contribution in [0.2, 0.25) is 0 Å². The zero-order valence-electron chi connectivity index (χ0n) is 14.2. The first kappa shape index (κ1) is 19.6. The topological polar surface area (TPSA) is 133 Å². The van der Waals surface area contributed by atoms with Crippen LogP contribution in [0.1, 0.15) is 46.8 Å². The van der Waals surface area contributed by atoms with Crippen molar-refractivity contribution in [3.05, 3.63) is 34.4 Å². The number of ether oxygens (including phenoxy) is 1. The van der Waals surface area contributed by atoms with Gasteiger partial charge in [-0.1, -0.05) is 13.3 Å². The number of amides is 1. The van der Waals surface area contributed by atoms with Crippen LogP contribution in [-0.4, -0.2) is 35.1 Å². The average molecular weight is 336 g/mol.